The van der Waals surface area contributed by atoms with Crippen LogP contribution in [-0.4, -0.2) is 31.1 Å². The van der Waals surface area contributed by atoms with Crippen LogP contribution in [0.25, 0.3) is 0 Å². The molecule has 1 heterocycles. The number of rotatable bonds is 5. The van der Waals surface area contributed by atoms with E-state index in [4.69, 9.17) is 10.5 Å². The summed E-state index contributed by atoms with van der Waals surface area (Å²) in [5.41, 5.74) is 6.43. The molecular formula is C16H26N2O. The first-order valence-electron chi connectivity index (χ1n) is 7.36. The van der Waals surface area contributed by atoms with Crippen LogP contribution >= 0.6 is 0 Å². The number of anilines is 1. The summed E-state index contributed by atoms with van der Waals surface area (Å²) < 4.78 is 5.74. The summed E-state index contributed by atoms with van der Waals surface area (Å²) in [5.74, 6) is 2.65. The van der Waals surface area contributed by atoms with Gasteiger partial charge in [0.05, 0.1) is 0 Å². The first kappa shape index (κ1) is 14.2. The molecule has 0 bridgehead atoms. The normalized spacial score (nSPS) is 17.8. The average molecular weight is 262 g/mol. The number of ether oxygens (including phenoxy) is 1. The third kappa shape index (κ3) is 4.43. The Balaban J connectivity index is 1.65. The van der Waals surface area contributed by atoms with Crippen molar-refractivity contribution in [2.75, 3.05) is 32.0 Å². The smallest absolute Gasteiger partial charge is 0.119 e. The zero-order chi connectivity index (χ0) is 13.7. The molecule has 0 atom stereocenters. The van der Waals surface area contributed by atoms with E-state index in [0.717, 1.165) is 36.4 Å². The minimum atomic E-state index is 0.760. The van der Waals surface area contributed by atoms with Gasteiger partial charge in [0.2, 0.25) is 0 Å². The fourth-order valence-corrected chi connectivity index (χ4v) is 2.70. The van der Waals surface area contributed by atoms with Crippen LogP contribution in [0.1, 0.15) is 26.7 Å². The van der Waals surface area contributed by atoms with E-state index in [-0.39, 0.29) is 0 Å². The van der Waals surface area contributed by atoms with Crippen LogP contribution in [0.5, 0.6) is 5.75 Å². The van der Waals surface area contributed by atoms with Gasteiger partial charge in [0.15, 0.2) is 0 Å². The highest BCUT2D eigenvalue weighted by atomic mass is 16.5. The molecule has 2 N–H and O–H groups in total. The lowest BCUT2D eigenvalue weighted by molar-refractivity contribution is 0.137. The van der Waals surface area contributed by atoms with Crippen molar-refractivity contribution in [1.29, 1.82) is 0 Å². The van der Waals surface area contributed by atoms with Gasteiger partial charge in [-0.05, 0) is 62.0 Å². The lowest BCUT2D eigenvalue weighted by Crippen LogP contribution is -2.37. The number of nitrogens with two attached hydrogens (primary N) is 1. The third-order valence-corrected chi connectivity index (χ3v) is 4.13. The van der Waals surface area contributed by atoms with Gasteiger partial charge >= 0.3 is 0 Å². The second-order valence-electron chi connectivity index (χ2n) is 5.84. The van der Waals surface area contributed by atoms with Crippen LogP contribution in [0.15, 0.2) is 24.3 Å². The maximum atomic E-state index is 5.74. The van der Waals surface area contributed by atoms with Crippen molar-refractivity contribution in [3.8, 4) is 5.75 Å². The van der Waals surface area contributed by atoms with Gasteiger partial charge in [-0.2, -0.15) is 0 Å². The van der Waals surface area contributed by atoms with Crippen molar-refractivity contribution in [3.05, 3.63) is 24.3 Å². The molecule has 1 aromatic rings. The number of nitrogen functional groups attached to an aromatic ring is 1. The summed E-state index contributed by atoms with van der Waals surface area (Å²) in [4.78, 5) is 2.51. The summed E-state index contributed by atoms with van der Waals surface area (Å²) in [6, 6.07) is 7.62. The van der Waals surface area contributed by atoms with E-state index in [1.807, 2.05) is 24.3 Å². The molecule has 0 saturated carbocycles. The van der Waals surface area contributed by atoms with Gasteiger partial charge < -0.3 is 10.5 Å². The molecule has 0 amide bonds. The van der Waals surface area contributed by atoms with Gasteiger partial charge in [-0.25, -0.2) is 0 Å². The summed E-state index contributed by atoms with van der Waals surface area (Å²) in [7, 11) is 0. The summed E-state index contributed by atoms with van der Waals surface area (Å²) in [5, 5.41) is 0. The fraction of sp³-hybridized carbons (Fsp3) is 0.625. The van der Waals surface area contributed by atoms with Crippen molar-refractivity contribution >= 4 is 5.69 Å². The van der Waals surface area contributed by atoms with E-state index in [9.17, 15) is 0 Å². The Kier molecular flexibility index (Phi) is 5.08. The van der Waals surface area contributed by atoms with E-state index in [0.29, 0.717) is 0 Å². The third-order valence-electron chi connectivity index (χ3n) is 4.13. The quantitative estimate of drug-likeness (QED) is 0.829. The molecule has 1 aromatic carbocycles. The first-order chi connectivity index (χ1) is 9.15. The number of piperidine rings is 1. The Morgan fingerprint density at radius 3 is 2.42 bits per heavy atom. The minimum absolute atomic E-state index is 0.760. The highest BCUT2D eigenvalue weighted by Gasteiger charge is 2.21. The molecule has 1 fully saturated rings. The number of nitrogens with zero attached hydrogens (tertiary/aromatic N) is 1. The van der Waals surface area contributed by atoms with Gasteiger partial charge in [-0.15, -0.1) is 0 Å². The lowest BCUT2D eigenvalue weighted by atomic mass is 9.87. The molecular weight excluding hydrogens is 236 g/mol. The van der Waals surface area contributed by atoms with Gasteiger partial charge in [-0.1, -0.05) is 13.8 Å². The number of likely N-dealkylation sites (tertiary alicyclic amines) is 1. The monoisotopic (exact) mass is 262 g/mol. The van der Waals surface area contributed by atoms with Crippen molar-refractivity contribution in [2.45, 2.75) is 26.7 Å². The van der Waals surface area contributed by atoms with E-state index >= 15 is 0 Å². The van der Waals surface area contributed by atoms with Gasteiger partial charge in [-0.3, -0.25) is 4.90 Å². The Labute approximate surface area is 116 Å². The molecule has 0 aromatic heterocycles. The molecule has 0 unspecified atom stereocenters. The zero-order valence-electron chi connectivity index (χ0n) is 12.1. The Hall–Kier alpha value is -1.22. The SMILES string of the molecule is CC(C)C1CCN(CCOc2ccc(N)cc2)CC1. The topological polar surface area (TPSA) is 38.5 Å². The standard InChI is InChI=1S/C16H26N2O/c1-13(2)14-7-9-18(10-8-14)11-12-19-16-5-3-15(17)4-6-16/h3-6,13-14H,7-12,17H2,1-2H3. The maximum absolute atomic E-state index is 5.74. The second-order valence-corrected chi connectivity index (χ2v) is 5.84. The molecule has 3 heteroatoms. The van der Waals surface area contributed by atoms with Crippen molar-refractivity contribution < 1.29 is 4.74 Å². The van der Waals surface area contributed by atoms with Crippen LogP contribution in [0, 0.1) is 11.8 Å². The highest BCUT2D eigenvalue weighted by molar-refractivity contribution is 5.41. The van der Waals surface area contributed by atoms with Crippen molar-refractivity contribution in [1.82, 2.24) is 4.90 Å². The number of benzene rings is 1. The zero-order valence-corrected chi connectivity index (χ0v) is 12.1. The van der Waals surface area contributed by atoms with E-state index in [1.54, 1.807) is 0 Å². The molecule has 1 saturated heterocycles. The summed E-state index contributed by atoms with van der Waals surface area (Å²) in [6.07, 6.45) is 2.67. The van der Waals surface area contributed by atoms with Gasteiger partial charge in [0.1, 0.15) is 12.4 Å². The summed E-state index contributed by atoms with van der Waals surface area (Å²) >= 11 is 0. The fourth-order valence-electron chi connectivity index (χ4n) is 2.70. The molecule has 0 radical (unpaired) electrons. The van der Waals surface area contributed by atoms with Crippen LogP contribution in [0.3, 0.4) is 0 Å². The molecule has 1 aliphatic rings. The Morgan fingerprint density at radius 1 is 1.21 bits per heavy atom. The van der Waals surface area contributed by atoms with Crippen molar-refractivity contribution in [2.24, 2.45) is 11.8 Å². The van der Waals surface area contributed by atoms with Gasteiger partial charge in [0, 0.05) is 12.2 Å². The van der Waals surface area contributed by atoms with Crippen LogP contribution in [0.4, 0.5) is 5.69 Å². The molecule has 2 rings (SSSR count). The molecule has 0 spiro atoms. The largest absolute Gasteiger partial charge is 0.492 e. The number of hydrogen-bond acceptors (Lipinski definition) is 3. The number of hydrogen-bond donors (Lipinski definition) is 1. The predicted octanol–water partition coefficient (Wildman–Crippen LogP) is 3.02. The molecule has 106 valence electrons. The average Bonchev–Trinajstić information content (AvgIpc) is 2.41. The predicted molar refractivity (Wildman–Crippen MR) is 80.4 cm³/mol. The lowest BCUT2D eigenvalue weighted by Gasteiger charge is -2.33. The Bertz CT molecular complexity index is 367. The second kappa shape index (κ2) is 6.80. The van der Waals surface area contributed by atoms with Gasteiger partial charge in [0.25, 0.3) is 0 Å². The molecule has 19 heavy (non-hydrogen) atoms. The Morgan fingerprint density at radius 2 is 1.84 bits per heavy atom. The molecule has 3 nitrogen and oxygen atoms in total. The van der Waals surface area contributed by atoms with Crippen LogP contribution in [0.2, 0.25) is 0 Å². The van der Waals surface area contributed by atoms with Crippen LogP contribution < -0.4 is 10.5 Å². The highest BCUT2D eigenvalue weighted by Crippen LogP contribution is 2.24. The molecule has 0 aliphatic carbocycles. The van der Waals surface area contributed by atoms with E-state index in [2.05, 4.69) is 18.7 Å². The first-order valence-corrected chi connectivity index (χ1v) is 7.36. The summed E-state index contributed by atoms with van der Waals surface area (Å²) in [6.45, 7) is 8.89. The van der Waals surface area contributed by atoms with Crippen molar-refractivity contribution in [3.63, 3.8) is 0 Å². The van der Waals surface area contributed by atoms with E-state index in [1.165, 1.54) is 25.9 Å². The van der Waals surface area contributed by atoms with Crippen LogP contribution in [-0.2, 0) is 0 Å². The molecule has 1 aliphatic heterocycles. The maximum Gasteiger partial charge on any atom is 0.119 e. The minimum Gasteiger partial charge on any atom is -0.492 e. The van der Waals surface area contributed by atoms with E-state index < -0.39 is 0 Å².